The van der Waals surface area contributed by atoms with Crippen LogP contribution in [0.15, 0.2) is 6.07 Å². The third kappa shape index (κ3) is 3.23. The highest BCUT2D eigenvalue weighted by Crippen LogP contribution is 2.22. The van der Waals surface area contributed by atoms with Gasteiger partial charge in [0.2, 0.25) is 5.95 Å². The molecule has 3 N–H and O–H groups in total. The van der Waals surface area contributed by atoms with E-state index in [1.54, 1.807) is 6.07 Å². The van der Waals surface area contributed by atoms with Gasteiger partial charge in [0.25, 0.3) is 0 Å². The van der Waals surface area contributed by atoms with E-state index in [1.165, 1.54) is 0 Å². The molecular formula is C10H17ClN4. The van der Waals surface area contributed by atoms with Gasteiger partial charge in [0, 0.05) is 11.6 Å². The van der Waals surface area contributed by atoms with Gasteiger partial charge in [-0.3, -0.25) is 0 Å². The van der Waals surface area contributed by atoms with Crippen molar-refractivity contribution in [2.24, 2.45) is 0 Å². The summed E-state index contributed by atoms with van der Waals surface area (Å²) in [5, 5.41) is 3.68. The molecule has 15 heavy (non-hydrogen) atoms. The van der Waals surface area contributed by atoms with Gasteiger partial charge in [0.15, 0.2) is 0 Å². The van der Waals surface area contributed by atoms with E-state index in [1.807, 2.05) is 0 Å². The van der Waals surface area contributed by atoms with E-state index >= 15 is 0 Å². The number of rotatable bonds is 4. The monoisotopic (exact) mass is 228 g/mol. The maximum Gasteiger partial charge on any atom is 0.223 e. The minimum atomic E-state index is 0.0180. The molecule has 0 atom stereocenters. The number of halogens is 1. The summed E-state index contributed by atoms with van der Waals surface area (Å²) in [6.07, 6.45) is 2.01. The highest BCUT2D eigenvalue weighted by atomic mass is 35.5. The molecule has 1 aromatic rings. The fraction of sp³-hybridized carbons (Fsp3) is 0.600. The average Bonchev–Trinajstić information content (AvgIpc) is 2.16. The average molecular weight is 229 g/mol. The summed E-state index contributed by atoms with van der Waals surface area (Å²) >= 11 is 5.79. The zero-order valence-electron chi connectivity index (χ0n) is 9.34. The van der Waals surface area contributed by atoms with Crippen LogP contribution in [-0.2, 0) is 0 Å². The molecule has 0 unspecified atom stereocenters. The Bertz CT molecular complexity index is 316. The summed E-state index contributed by atoms with van der Waals surface area (Å²) in [6.45, 7) is 6.39. The second-order valence-corrected chi connectivity index (χ2v) is 4.21. The molecule has 0 aliphatic heterocycles. The lowest BCUT2D eigenvalue weighted by Crippen LogP contribution is -2.33. The SMILES string of the molecule is CCC(C)(CC)Nc1cc(Cl)nc(N)n1. The van der Waals surface area contributed by atoms with E-state index in [0.717, 1.165) is 12.8 Å². The van der Waals surface area contributed by atoms with Crippen LogP contribution in [0.25, 0.3) is 0 Å². The Balaban J connectivity index is 2.88. The number of hydrogen-bond donors (Lipinski definition) is 2. The molecule has 84 valence electrons. The van der Waals surface area contributed by atoms with Crippen molar-refractivity contribution < 1.29 is 0 Å². The molecule has 0 fully saturated rings. The number of nitrogens with one attached hydrogen (secondary N) is 1. The predicted octanol–water partition coefficient (Wildman–Crippen LogP) is 2.70. The molecule has 4 nitrogen and oxygen atoms in total. The fourth-order valence-corrected chi connectivity index (χ4v) is 1.43. The first-order valence-corrected chi connectivity index (χ1v) is 5.45. The first-order valence-electron chi connectivity index (χ1n) is 5.07. The first-order chi connectivity index (χ1) is 6.99. The summed E-state index contributed by atoms with van der Waals surface area (Å²) in [5.41, 5.74) is 5.53. The van der Waals surface area contributed by atoms with E-state index in [4.69, 9.17) is 17.3 Å². The molecule has 0 aromatic carbocycles. The number of hydrogen-bond acceptors (Lipinski definition) is 4. The van der Waals surface area contributed by atoms with Crippen molar-refractivity contribution in [1.29, 1.82) is 0 Å². The summed E-state index contributed by atoms with van der Waals surface area (Å²) in [7, 11) is 0. The van der Waals surface area contributed by atoms with Gasteiger partial charge in [0.1, 0.15) is 11.0 Å². The molecule has 0 amide bonds. The van der Waals surface area contributed by atoms with Crippen LogP contribution < -0.4 is 11.1 Å². The summed E-state index contributed by atoms with van der Waals surface area (Å²) in [6, 6.07) is 1.68. The smallest absolute Gasteiger partial charge is 0.223 e. The number of nitrogens with zero attached hydrogens (tertiary/aromatic N) is 2. The Morgan fingerprint density at radius 1 is 1.40 bits per heavy atom. The van der Waals surface area contributed by atoms with Crippen molar-refractivity contribution in [2.75, 3.05) is 11.1 Å². The molecule has 0 spiro atoms. The Labute approximate surface area is 95.3 Å². The van der Waals surface area contributed by atoms with Crippen molar-refractivity contribution in [3.8, 4) is 0 Å². The molecule has 1 aromatic heterocycles. The van der Waals surface area contributed by atoms with Gasteiger partial charge >= 0.3 is 0 Å². The lowest BCUT2D eigenvalue weighted by molar-refractivity contribution is 0.477. The third-order valence-corrected chi connectivity index (χ3v) is 2.90. The Hall–Kier alpha value is -1.03. The lowest BCUT2D eigenvalue weighted by Gasteiger charge is -2.28. The van der Waals surface area contributed by atoms with Gasteiger partial charge in [-0.05, 0) is 19.8 Å². The van der Waals surface area contributed by atoms with Crippen molar-refractivity contribution in [3.05, 3.63) is 11.2 Å². The number of nitrogen functional groups attached to an aromatic ring is 1. The molecule has 0 bridgehead atoms. The zero-order valence-corrected chi connectivity index (χ0v) is 10.1. The normalized spacial score (nSPS) is 11.5. The summed E-state index contributed by atoms with van der Waals surface area (Å²) < 4.78 is 0. The van der Waals surface area contributed by atoms with E-state index in [-0.39, 0.29) is 11.5 Å². The summed E-state index contributed by atoms with van der Waals surface area (Å²) in [5.74, 6) is 0.873. The van der Waals surface area contributed by atoms with Crippen LogP contribution in [0, 0.1) is 0 Å². The minimum Gasteiger partial charge on any atom is -0.368 e. The van der Waals surface area contributed by atoms with Crippen molar-refractivity contribution in [3.63, 3.8) is 0 Å². The van der Waals surface area contributed by atoms with Crippen LogP contribution in [0.1, 0.15) is 33.6 Å². The molecule has 0 aliphatic rings. The fourth-order valence-electron chi connectivity index (χ4n) is 1.24. The standard InChI is InChI=1S/C10H17ClN4/c1-4-10(3,5-2)15-8-6-7(11)13-9(12)14-8/h6H,4-5H2,1-3H3,(H3,12,13,14,15). The summed E-state index contributed by atoms with van der Waals surface area (Å²) in [4.78, 5) is 7.89. The van der Waals surface area contributed by atoms with Crippen LogP contribution >= 0.6 is 11.6 Å². The molecule has 1 rings (SSSR count). The van der Waals surface area contributed by atoms with Crippen molar-refractivity contribution >= 4 is 23.4 Å². The first kappa shape index (κ1) is 12.0. The van der Waals surface area contributed by atoms with Gasteiger partial charge in [0.05, 0.1) is 0 Å². The molecule has 0 aliphatic carbocycles. The van der Waals surface area contributed by atoms with Crippen molar-refractivity contribution in [2.45, 2.75) is 39.2 Å². The Morgan fingerprint density at radius 3 is 2.47 bits per heavy atom. The molecular weight excluding hydrogens is 212 g/mol. The van der Waals surface area contributed by atoms with Gasteiger partial charge in [-0.1, -0.05) is 25.4 Å². The van der Waals surface area contributed by atoms with Crippen LogP contribution in [0.3, 0.4) is 0 Å². The second kappa shape index (κ2) is 4.66. The van der Waals surface area contributed by atoms with Gasteiger partial charge < -0.3 is 11.1 Å². The molecule has 5 heteroatoms. The zero-order chi connectivity index (χ0) is 11.5. The van der Waals surface area contributed by atoms with Gasteiger partial charge in [-0.25, -0.2) is 4.98 Å². The van der Waals surface area contributed by atoms with Gasteiger partial charge in [-0.2, -0.15) is 4.98 Å². The Kier molecular flexibility index (Phi) is 3.74. The Morgan fingerprint density at radius 2 is 2.00 bits per heavy atom. The molecule has 1 heterocycles. The highest BCUT2D eigenvalue weighted by molar-refractivity contribution is 6.29. The topological polar surface area (TPSA) is 63.8 Å². The van der Waals surface area contributed by atoms with E-state index in [0.29, 0.717) is 11.0 Å². The minimum absolute atomic E-state index is 0.0180. The molecule has 0 saturated heterocycles. The predicted molar refractivity (Wildman–Crippen MR) is 64.1 cm³/mol. The van der Waals surface area contributed by atoms with E-state index < -0.39 is 0 Å². The van der Waals surface area contributed by atoms with Crippen LogP contribution in [0.5, 0.6) is 0 Å². The lowest BCUT2D eigenvalue weighted by atomic mass is 9.96. The maximum atomic E-state index is 5.79. The largest absolute Gasteiger partial charge is 0.368 e. The number of nitrogens with two attached hydrogens (primary N) is 1. The highest BCUT2D eigenvalue weighted by Gasteiger charge is 2.19. The number of anilines is 2. The third-order valence-electron chi connectivity index (χ3n) is 2.70. The van der Waals surface area contributed by atoms with Crippen LogP contribution in [-0.4, -0.2) is 15.5 Å². The van der Waals surface area contributed by atoms with E-state index in [2.05, 4.69) is 36.1 Å². The number of aromatic nitrogens is 2. The van der Waals surface area contributed by atoms with Gasteiger partial charge in [-0.15, -0.1) is 0 Å². The quantitative estimate of drug-likeness (QED) is 0.778. The van der Waals surface area contributed by atoms with Crippen molar-refractivity contribution in [1.82, 2.24) is 9.97 Å². The molecule has 0 radical (unpaired) electrons. The second-order valence-electron chi connectivity index (χ2n) is 3.83. The van der Waals surface area contributed by atoms with E-state index in [9.17, 15) is 0 Å². The molecule has 0 saturated carbocycles. The maximum absolute atomic E-state index is 5.79. The van der Waals surface area contributed by atoms with Crippen LogP contribution in [0.2, 0.25) is 5.15 Å². The van der Waals surface area contributed by atoms with Crippen LogP contribution in [0.4, 0.5) is 11.8 Å².